The molecule has 0 radical (unpaired) electrons. The fourth-order valence-electron chi connectivity index (χ4n) is 3.76. The van der Waals surface area contributed by atoms with E-state index in [4.69, 9.17) is 5.73 Å². The second-order valence-corrected chi connectivity index (χ2v) is 9.25. The van der Waals surface area contributed by atoms with Crippen molar-refractivity contribution >= 4 is 28.4 Å². The van der Waals surface area contributed by atoms with Gasteiger partial charge in [-0.05, 0) is 53.7 Å². The van der Waals surface area contributed by atoms with Gasteiger partial charge in [-0.15, -0.1) is 0 Å². The summed E-state index contributed by atoms with van der Waals surface area (Å²) in [5.41, 5.74) is 10.9. The minimum Gasteiger partial charge on any atom is -0.384 e. The quantitative estimate of drug-likeness (QED) is 0.287. The van der Waals surface area contributed by atoms with Gasteiger partial charge in [0.15, 0.2) is 5.16 Å². The van der Waals surface area contributed by atoms with Gasteiger partial charge >= 0.3 is 0 Å². The van der Waals surface area contributed by atoms with E-state index in [1.807, 2.05) is 68.6 Å². The second-order valence-electron chi connectivity index (χ2n) is 8.21. The van der Waals surface area contributed by atoms with E-state index in [0.29, 0.717) is 11.0 Å². The number of nitrogen functional groups attached to an aromatic ring is 1. The van der Waals surface area contributed by atoms with Gasteiger partial charge in [-0.3, -0.25) is 9.78 Å². The van der Waals surface area contributed by atoms with Crippen molar-refractivity contribution in [1.82, 2.24) is 29.9 Å². The fraction of sp³-hybridized carbons (Fsp3) is 0.0714. The standard InChI is InChI=1S/C20H15N3S.C8H10N4/c21-19-13-18(15-7-2-1-3-8-15)22-20(23-19)24-17-11-10-14-6-4-5-9-16(14)12-17;1-6-5-7(11-10-6)8-3-4-9-12(8)2/h1-13H,(H2,21,22,23);3-5H,1-2H3,(H,10,11). The molecule has 178 valence electrons. The van der Waals surface area contributed by atoms with E-state index in [0.717, 1.165) is 33.2 Å². The van der Waals surface area contributed by atoms with E-state index in [-0.39, 0.29) is 0 Å². The van der Waals surface area contributed by atoms with Crippen molar-refractivity contribution in [2.24, 2.45) is 7.05 Å². The summed E-state index contributed by atoms with van der Waals surface area (Å²) in [5.74, 6) is 0.479. The highest BCUT2D eigenvalue weighted by Crippen LogP contribution is 2.30. The van der Waals surface area contributed by atoms with Crippen LogP contribution < -0.4 is 5.73 Å². The Hall–Kier alpha value is -4.43. The molecule has 0 unspecified atom stereocenters. The van der Waals surface area contributed by atoms with Gasteiger partial charge in [0.05, 0.1) is 11.4 Å². The lowest BCUT2D eigenvalue weighted by Gasteiger charge is -2.06. The summed E-state index contributed by atoms with van der Waals surface area (Å²) >= 11 is 1.52. The van der Waals surface area contributed by atoms with Crippen molar-refractivity contribution in [2.45, 2.75) is 17.0 Å². The van der Waals surface area contributed by atoms with E-state index in [2.05, 4.69) is 55.6 Å². The number of aromatic amines is 1. The van der Waals surface area contributed by atoms with Crippen molar-refractivity contribution in [3.63, 3.8) is 0 Å². The lowest BCUT2D eigenvalue weighted by atomic mass is 10.1. The number of hydrogen-bond donors (Lipinski definition) is 2. The highest BCUT2D eigenvalue weighted by Gasteiger charge is 2.08. The smallest absolute Gasteiger partial charge is 0.194 e. The molecular weight excluding hydrogens is 466 g/mol. The number of nitrogens with two attached hydrogens (primary N) is 1. The van der Waals surface area contributed by atoms with Crippen molar-refractivity contribution in [3.8, 4) is 22.6 Å². The Bertz CT molecular complexity index is 1610. The summed E-state index contributed by atoms with van der Waals surface area (Å²) in [6.45, 7) is 1.98. The largest absolute Gasteiger partial charge is 0.384 e. The molecule has 6 rings (SSSR count). The van der Waals surface area contributed by atoms with E-state index in [1.165, 1.54) is 22.5 Å². The molecule has 3 aromatic carbocycles. The van der Waals surface area contributed by atoms with E-state index < -0.39 is 0 Å². The molecule has 0 spiro atoms. The summed E-state index contributed by atoms with van der Waals surface area (Å²) in [6.07, 6.45) is 1.76. The number of fused-ring (bicyclic) bond motifs is 1. The van der Waals surface area contributed by atoms with Crippen LogP contribution in [0.25, 0.3) is 33.4 Å². The predicted octanol–water partition coefficient (Wildman–Crippen LogP) is 6.15. The molecule has 0 saturated heterocycles. The minimum atomic E-state index is 0.479. The van der Waals surface area contributed by atoms with E-state index in [1.54, 1.807) is 16.9 Å². The fourth-order valence-corrected chi connectivity index (χ4v) is 4.58. The Morgan fingerprint density at radius 1 is 0.806 bits per heavy atom. The average Bonchev–Trinajstić information content (AvgIpc) is 3.52. The molecule has 8 heteroatoms. The average molecular weight is 492 g/mol. The maximum absolute atomic E-state index is 5.98. The first kappa shape index (κ1) is 23.3. The molecule has 0 aliphatic rings. The van der Waals surface area contributed by atoms with E-state index >= 15 is 0 Å². The van der Waals surface area contributed by atoms with Crippen LogP contribution in [0.4, 0.5) is 5.82 Å². The molecule has 3 heterocycles. The van der Waals surface area contributed by atoms with Crippen LogP contribution in [-0.4, -0.2) is 29.9 Å². The molecule has 3 N–H and O–H groups in total. The van der Waals surface area contributed by atoms with Crippen molar-refractivity contribution in [2.75, 3.05) is 5.73 Å². The van der Waals surface area contributed by atoms with Gasteiger partial charge in [0.25, 0.3) is 0 Å². The predicted molar refractivity (Wildman–Crippen MR) is 145 cm³/mol. The molecular formula is C28H25N7S. The van der Waals surface area contributed by atoms with Crippen LogP contribution in [0.3, 0.4) is 0 Å². The number of nitrogens with zero attached hydrogens (tertiary/aromatic N) is 5. The molecule has 0 saturated carbocycles. The Balaban J connectivity index is 0.000000186. The third kappa shape index (κ3) is 5.45. The number of aromatic nitrogens is 6. The van der Waals surface area contributed by atoms with Gasteiger partial charge in [0.1, 0.15) is 11.5 Å². The first-order valence-corrected chi connectivity index (χ1v) is 12.2. The number of rotatable bonds is 4. The molecule has 6 aromatic rings. The van der Waals surface area contributed by atoms with Gasteiger partial charge in [-0.2, -0.15) is 10.2 Å². The summed E-state index contributed by atoms with van der Waals surface area (Å²) < 4.78 is 1.80. The molecule has 7 nitrogen and oxygen atoms in total. The molecule has 0 amide bonds. The van der Waals surface area contributed by atoms with Crippen LogP contribution in [0, 0.1) is 6.92 Å². The molecule has 0 bridgehead atoms. The Kier molecular flexibility index (Phi) is 6.77. The van der Waals surface area contributed by atoms with E-state index in [9.17, 15) is 0 Å². The van der Waals surface area contributed by atoms with Gasteiger partial charge < -0.3 is 5.73 Å². The van der Waals surface area contributed by atoms with Crippen molar-refractivity contribution in [1.29, 1.82) is 0 Å². The van der Waals surface area contributed by atoms with Gasteiger partial charge in [-0.1, -0.05) is 60.7 Å². The maximum Gasteiger partial charge on any atom is 0.194 e. The zero-order valence-electron chi connectivity index (χ0n) is 20.0. The monoisotopic (exact) mass is 491 g/mol. The van der Waals surface area contributed by atoms with Gasteiger partial charge in [-0.25, -0.2) is 9.97 Å². The lowest BCUT2D eigenvalue weighted by molar-refractivity contribution is 0.772. The summed E-state index contributed by atoms with van der Waals surface area (Å²) in [7, 11) is 1.90. The summed E-state index contributed by atoms with van der Waals surface area (Å²) in [6, 6.07) is 30.4. The lowest BCUT2D eigenvalue weighted by Crippen LogP contribution is -1.96. The van der Waals surface area contributed by atoms with Gasteiger partial charge in [0.2, 0.25) is 0 Å². The van der Waals surface area contributed by atoms with Crippen molar-refractivity contribution in [3.05, 3.63) is 103 Å². The third-order valence-corrected chi connectivity index (χ3v) is 6.37. The number of nitrogens with one attached hydrogen (secondary N) is 1. The normalized spacial score (nSPS) is 10.7. The number of aryl methyl sites for hydroxylation is 2. The van der Waals surface area contributed by atoms with Crippen molar-refractivity contribution < 1.29 is 0 Å². The minimum absolute atomic E-state index is 0.479. The van der Waals surface area contributed by atoms with Crippen LogP contribution in [0.2, 0.25) is 0 Å². The Labute approximate surface area is 213 Å². The SMILES string of the molecule is Cc1cc(-c2ccnn2C)n[nH]1.Nc1cc(-c2ccccc2)nc(Sc2ccc3ccccc3c2)n1. The Morgan fingerprint density at radius 2 is 1.58 bits per heavy atom. The van der Waals surface area contributed by atoms with Crippen LogP contribution in [0.5, 0.6) is 0 Å². The van der Waals surface area contributed by atoms with Crippen LogP contribution in [0.15, 0.2) is 107 Å². The zero-order chi connectivity index (χ0) is 24.9. The van der Waals surface area contributed by atoms with Crippen LogP contribution in [0.1, 0.15) is 5.69 Å². The number of anilines is 1. The molecule has 0 fully saturated rings. The first-order valence-electron chi connectivity index (χ1n) is 11.4. The Morgan fingerprint density at radius 3 is 2.31 bits per heavy atom. The first-order chi connectivity index (χ1) is 17.5. The maximum atomic E-state index is 5.98. The van der Waals surface area contributed by atoms with Gasteiger partial charge in [0, 0.05) is 35.5 Å². The molecule has 0 aliphatic carbocycles. The molecule has 3 aromatic heterocycles. The topological polar surface area (TPSA) is 98.3 Å². The van der Waals surface area contributed by atoms with Crippen LogP contribution in [-0.2, 0) is 7.05 Å². The summed E-state index contributed by atoms with van der Waals surface area (Å²) in [5, 5.41) is 14.2. The number of H-pyrrole nitrogens is 1. The highest BCUT2D eigenvalue weighted by atomic mass is 32.2. The number of hydrogen-bond acceptors (Lipinski definition) is 6. The zero-order valence-corrected chi connectivity index (χ0v) is 20.8. The number of benzene rings is 3. The highest BCUT2D eigenvalue weighted by molar-refractivity contribution is 7.99. The third-order valence-electron chi connectivity index (χ3n) is 5.51. The molecule has 0 atom stereocenters. The second kappa shape index (κ2) is 10.5. The summed E-state index contributed by atoms with van der Waals surface area (Å²) in [4.78, 5) is 10.1. The molecule has 0 aliphatic heterocycles. The molecule has 36 heavy (non-hydrogen) atoms. The van der Waals surface area contributed by atoms with Crippen LogP contribution >= 0.6 is 11.8 Å².